The molecule has 6 nitrogen and oxygen atoms in total. The maximum atomic E-state index is 12.2. The Kier molecular flexibility index (Phi) is 6.38. The van der Waals surface area contributed by atoms with Crippen molar-refractivity contribution >= 4 is 23.0 Å². The van der Waals surface area contributed by atoms with E-state index in [-0.39, 0.29) is 31.1 Å². The van der Waals surface area contributed by atoms with Crippen LogP contribution in [-0.4, -0.2) is 23.3 Å². The summed E-state index contributed by atoms with van der Waals surface area (Å²) < 4.78 is 10.8. The van der Waals surface area contributed by atoms with Crippen molar-refractivity contribution in [1.29, 1.82) is 0 Å². The summed E-state index contributed by atoms with van der Waals surface area (Å²) in [6, 6.07) is 10.8. The predicted molar refractivity (Wildman–Crippen MR) is 103 cm³/mol. The minimum Gasteiger partial charge on any atom is -0.494 e. The van der Waals surface area contributed by atoms with Gasteiger partial charge in [0.2, 0.25) is 11.8 Å². The van der Waals surface area contributed by atoms with E-state index >= 15 is 0 Å². The number of thiophene rings is 1. The number of carbonyl (C=O) groups excluding carboxylic acids is 2. The van der Waals surface area contributed by atoms with Crippen LogP contribution in [0.5, 0.6) is 5.75 Å². The molecule has 3 rings (SSSR count). The Hall–Kier alpha value is -2.93. The SMILES string of the molecule is CCOc1ccc(C(=O)CCC(=O)NCc2coc(-c3cccs3)n2)cc1. The van der Waals surface area contributed by atoms with Gasteiger partial charge in [0.1, 0.15) is 12.0 Å². The zero-order valence-corrected chi connectivity index (χ0v) is 15.8. The van der Waals surface area contributed by atoms with Gasteiger partial charge in [-0.05, 0) is 42.6 Å². The van der Waals surface area contributed by atoms with E-state index in [1.54, 1.807) is 24.3 Å². The molecule has 0 aliphatic carbocycles. The predicted octanol–water partition coefficient (Wildman–Crippen LogP) is 4.08. The van der Waals surface area contributed by atoms with Gasteiger partial charge < -0.3 is 14.5 Å². The van der Waals surface area contributed by atoms with Gasteiger partial charge in [-0.2, -0.15) is 0 Å². The highest BCUT2D eigenvalue weighted by atomic mass is 32.1. The lowest BCUT2D eigenvalue weighted by Crippen LogP contribution is -2.23. The molecule has 0 radical (unpaired) electrons. The Morgan fingerprint density at radius 2 is 2.00 bits per heavy atom. The largest absolute Gasteiger partial charge is 0.494 e. The number of ether oxygens (including phenoxy) is 1. The molecule has 1 aromatic carbocycles. The third kappa shape index (κ3) is 5.27. The molecule has 0 unspecified atom stereocenters. The number of nitrogens with zero attached hydrogens (tertiary/aromatic N) is 1. The van der Waals surface area contributed by atoms with Crippen molar-refractivity contribution in [3.63, 3.8) is 0 Å². The van der Waals surface area contributed by atoms with Gasteiger partial charge in [-0.1, -0.05) is 6.07 Å². The molecule has 2 heterocycles. The Bertz CT molecular complexity index is 885. The highest BCUT2D eigenvalue weighted by molar-refractivity contribution is 7.13. The molecule has 3 aromatic rings. The number of rotatable bonds is 9. The Morgan fingerprint density at radius 1 is 1.19 bits per heavy atom. The van der Waals surface area contributed by atoms with Gasteiger partial charge in [0.25, 0.3) is 0 Å². The van der Waals surface area contributed by atoms with Crippen LogP contribution in [0.1, 0.15) is 35.8 Å². The Labute approximate surface area is 161 Å². The maximum absolute atomic E-state index is 12.2. The number of hydrogen-bond donors (Lipinski definition) is 1. The zero-order valence-electron chi connectivity index (χ0n) is 14.9. The summed E-state index contributed by atoms with van der Waals surface area (Å²) in [6.07, 6.45) is 1.81. The molecule has 0 saturated carbocycles. The highest BCUT2D eigenvalue weighted by Gasteiger charge is 2.11. The number of aromatic nitrogens is 1. The van der Waals surface area contributed by atoms with Crippen molar-refractivity contribution in [3.05, 3.63) is 59.3 Å². The van der Waals surface area contributed by atoms with Crippen LogP contribution in [0, 0.1) is 0 Å². The summed E-state index contributed by atoms with van der Waals surface area (Å²) in [7, 11) is 0. The van der Waals surface area contributed by atoms with Crippen molar-refractivity contribution in [2.45, 2.75) is 26.3 Å². The summed E-state index contributed by atoms with van der Waals surface area (Å²) in [5.74, 6) is 0.992. The quantitative estimate of drug-likeness (QED) is 0.562. The third-order valence-corrected chi connectivity index (χ3v) is 4.67. The molecule has 0 fully saturated rings. The first-order valence-corrected chi connectivity index (χ1v) is 9.54. The number of nitrogens with one attached hydrogen (secondary N) is 1. The van der Waals surface area contributed by atoms with Crippen LogP contribution in [0.25, 0.3) is 10.8 Å². The van der Waals surface area contributed by atoms with E-state index in [2.05, 4.69) is 10.3 Å². The van der Waals surface area contributed by atoms with E-state index in [0.717, 1.165) is 10.6 Å². The fourth-order valence-electron chi connectivity index (χ4n) is 2.45. The molecule has 0 bridgehead atoms. The second kappa shape index (κ2) is 9.14. The molecule has 1 amide bonds. The average molecular weight is 384 g/mol. The van der Waals surface area contributed by atoms with Crippen LogP contribution in [0.3, 0.4) is 0 Å². The first kappa shape index (κ1) is 18.8. The number of amides is 1. The lowest BCUT2D eigenvalue weighted by Gasteiger charge is -2.05. The van der Waals surface area contributed by atoms with Crippen molar-refractivity contribution in [1.82, 2.24) is 10.3 Å². The average Bonchev–Trinajstić information content (AvgIpc) is 3.37. The maximum Gasteiger partial charge on any atom is 0.236 e. The number of oxazole rings is 1. The van der Waals surface area contributed by atoms with E-state index in [1.807, 2.05) is 24.4 Å². The third-order valence-electron chi connectivity index (χ3n) is 3.82. The second-order valence-electron chi connectivity index (χ2n) is 5.78. The molecular formula is C20H20N2O4S. The van der Waals surface area contributed by atoms with E-state index in [0.29, 0.717) is 23.8 Å². The topological polar surface area (TPSA) is 81.4 Å². The molecule has 27 heavy (non-hydrogen) atoms. The van der Waals surface area contributed by atoms with Gasteiger partial charge >= 0.3 is 0 Å². The number of carbonyl (C=O) groups is 2. The van der Waals surface area contributed by atoms with Gasteiger partial charge in [-0.15, -0.1) is 11.3 Å². The molecule has 0 aliphatic rings. The van der Waals surface area contributed by atoms with Crippen molar-refractivity contribution < 1.29 is 18.7 Å². The van der Waals surface area contributed by atoms with Gasteiger partial charge in [0, 0.05) is 18.4 Å². The van der Waals surface area contributed by atoms with Gasteiger partial charge in [0.15, 0.2) is 5.78 Å². The van der Waals surface area contributed by atoms with Gasteiger partial charge in [-0.3, -0.25) is 9.59 Å². The fraction of sp³-hybridized carbons (Fsp3) is 0.250. The summed E-state index contributed by atoms with van der Waals surface area (Å²) >= 11 is 1.54. The summed E-state index contributed by atoms with van der Waals surface area (Å²) in [5.41, 5.74) is 1.22. The van der Waals surface area contributed by atoms with Crippen molar-refractivity contribution in [3.8, 4) is 16.5 Å². The van der Waals surface area contributed by atoms with E-state index in [9.17, 15) is 9.59 Å². The molecule has 0 spiro atoms. The van der Waals surface area contributed by atoms with E-state index < -0.39 is 0 Å². The first-order valence-electron chi connectivity index (χ1n) is 8.66. The van der Waals surface area contributed by atoms with E-state index in [1.165, 1.54) is 17.6 Å². The molecule has 2 aromatic heterocycles. The minimum absolute atomic E-state index is 0.0744. The van der Waals surface area contributed by atoms with Crippen LogP contribution < -0.4 is 10.1 Å². The van der Waals surface area contributed by atoms with Gasteiger partial charge in [-0.25, -0.2) is 4.98 Å². The van der Waals surface area contributed by atoms with Crippen LogP contribution >= 0.6 is 11.3 Å². The van der Waals surface area contributed by atoms with Gasteiger partial charge in [0.05, 0.1) is 23.7 Å². The molecule has 140 valence electrons. The van der Waals surface area contributed by atoms with E-state index in [4.69, 9.17) is 9.15 Å². The lowest BCUT2D eigenvalue weighted by atomic mass is 10.1. The standard InChI is InChI=1S/C20H20N2O4S/c1-2-25-16-7-5-14(6-8-16)17(23)9-10-19(24)21-12-15-13-26-20(22-15)18-4-3-11-27-18/h3-8,11,13H,2,9-10,12H2,1H3,(H,21,24). The minimum atomic E-state index is -0.199. The van der Waals surface area contributed by atoms with Crippen molar-refractivity contribution in [2.75, 3.05) is 6.61 Å². The number of benzene rings is 1. The molecule has 1 N–H and O–H groups in total. The molecule has 0 saturated heterocycles. The summed E-state index contributed by atoms with van der Waals surface area (Å²) in [4.78, 5) is 29.4. The monoisotopic (exact) mass is 384 g/mol. The van der Waals surface area contributed by atoms with Crippen LogP contribution in [0.15, 0.2) is 52.5 Å². The number of Topliss-reactive ketones (excluding diaryl/α,β-unsaturated/α-hetero) is 1. The number of hydrogen-bond acceptors (Lipinski definition) is 6. The molecule has 7 heteroatoms. The molecule has 0 aliphatic heterocycles. The highest BCUT2D eigenvalue weighted by Crippen LogP contribution is 2.23. The second-order valence-corrected chi connectivity index (χ2v) is 6.73. The summed E-state index contributed by atoms with van der Waals surface area (Å²) in [5, 5.41) is 4.71. The van der Waals surface area contributed by atoms with Crippen molar-refractivity contribution in [2.24, 2.45) is 0 Å². The Balaban J connectivity index is 1.43. The Morgan fingerprint density at radius 3 is 2.70 bits per heavy atom. The van der Waals surface area contributed by atoms with Crippen LogP contribution in [0.4, 0.5) is 0 Å². The normalized spacial score (nSPS) is 10.6. The fourth-order valence-corrected chi connectivity index (χ4v) is 3.11. The summed E-state index contributed by atoms with van der Waals surface area (Å²) in [6.45, 7) is 2.75. The lowest BCUT2D eigenvalue weighted by molar-refractivity contribution is -0.121. The van der Waals surface area contributed by atoms with Crippen LogP contribution in [-0.2, 0) is 11.3 Å². The zero-order chi connectivity index (χ0) is 19.1. The smallest absolute Gasteiger partial charge is 0.236 e. The number of ketones is 1. The van der Waals surface area contributed by atoms with Crippen LogP contribution in [0.2, 0.25) is 0 Å². The first-order chi connectivity index (χ1) is 13.2. The molecule has 0 atom stereocenters. The molecular weight excluding hydrogens is 364 g/mol.